The molecule has 5 nitrogen and oxygen atoms in total. The van der Waals surface area contributed by atoms with Gasteiger partial charge in [0, 0.05) is 46.1 Å². The van der Waals surface area contributed by atoms with E-state index in [1.165, 1.54) is 0 Å². The Labute approximate surface area is 180 Å². The Bertz CT molecular complexity index is 1220. The Morgan fingerprint density at radius 3 is 2.55 bits per heavy atom. The SMILES string of the molecule is COc1ccc2cc(Cc3c(=O)[nH]c(C)c4cccc(OC)c34)cnc2c1.Cl.Cl. The van der Waals surface area contributed by atoms with E-state index in [1.54, 1.807) is 14.2 Å². The number of aryl methyl sites for hydroxylation is 1. The summed E-state index contributed by atoms with van der Waals surface area (Å²) in [6, 6.07) is 13.7. The molecule has 7 heteroatoms. The molecule has 0 radical (unpaired) electrons. The first-order valence-corrected chi connectivity index (χ1v) is 8.72. The molecule has 0 aliphatic carbocycles. The van der Waals surface area contributed by atoms with Gasteiger partial charge in [0.2, 0.25) is 0 Å². The number of methoxy groups -OCH3 is 2. The Morgan fingerprint density at radius 1 is 1.03 bits per heavy atom. The van der Waals surface area contributed by atoms with Crippen LogP contribution in [0.2, 0.25) is 0 Å². The van der Waals surface area contributed by atoms with Crippen LogP contribution < -0.4 is 15.0 Å². The molecule has 0 saturated carbocycles. The highest BCUT2D eigenvalue weighted by molar-refractivity contribution is 5.93. The van der Waals surface area contributed by atoms with Crippen LogP contribution in [-0.2, 0) is 6.42 Å². The first kappa shape index (κ1) is 22.5. The minimum atomic E-state index is -0.0978. The van der Waals surface area contributed by atoms with E-state index in [-0.39, 0.29) is 30.4 Å². The molecule has 2 heterocycles. The van der Waals surface area contributed by atoms with Crippen molar-refractivity contribution in [2.75, 3.05) is 14.2 Å². The van der Waals surface area contributed by atoms with Crippen molar-refractivity contribution in [3.63, 3.8) is 0 Å². The fourth-order valence-electron chi connectivity index (χ4n) is 3.49. The summed E-state index contributed by atoms with van der Waals surface area (Å²) in [5, 5.41) is 2.85. The number of ether oxygens (including phenoxy) is 2. The van der Waals surface area contributed by atoms with Gasteiger partial charge in [-0.15, -0.1) is 24.8 Å². The maximum absolute atomic E-state index is 12.7. The number of benzene rings is 2. The number of hydrogen-bond acceptors (Lipinski definition) is 4. The predicted octanol–water partition coefficient (Wildman–Crippen LogP) is 4.84. The lowest BCUT2D eigenvalue weighted by molar-refractivity contribution is 0.415. The summed E-state index contributed by atoms with van der Waals surface area (Å²) in [7, 11) is 3.26. The van der Waals surface area contributed by atoms with Crippen molar-refractivity contribution in [1.82, 2.24) is 9.97 Å². The van der Waals surface area contributed by atoms with Crippen LogP contribution in [0.5, 0.6) is 11.5 Å². The third-order valence-electron chi connectivity index (χ3n) is 4.86. The molecule has 0 atom stereocenters. The summed E-state index contributed by atoms with van der Waals surface area (Å²) in [4.78, 5) is 20.2. The number of halogens is 2. The molecular formula is C22H22Cl2N2O3. The zero-order chi connectivity index (χ0) is 19.0. The average molecular weight is 433 g/mol. The summed E-state index contributed by atoms with van der Waals surface area (Å²) in [6.07, 6.45) is 2.28. The highest BCUT2D eigenvalue weighted by Gasteiger charge is 2.14. The number of nitrogens with zero attached hydrogens (tertiary/aromatic N) is 1. The van der Waals surface area contributed by atoms with Gasteiger partial charge in [-0.2, -0.15) is 0 Å². The lowest BCUT2D eigenvalue weighted by atomic mass is 9.98. The van der Waals surface area contributed by atoms with E-state index >= 15 is 0 Å². The molecule has 29 heavy (non-hydrogen) atoms. The second-order valence-electron chi connectivity index (χ2n) is 6.52. The maximum atomic E-state index is 12.7. The summed E-state index contributed by atoms with van der Waals surface area (Å²) in [5.74, 6) is 1.48. The second kappa shape index (κ2) is 9.16. The van der Waals surface area contributed by atoms with Gasteiger partial charge in [0.25, 0.3) is 5.56 Å². The first-order chi connectivity index (χ1) is 13.1. The average Bonchev–Trinajstić information content (AvgIpc) is 2.70. The van der Waals surface area contributed by atoms with Crippen LogP contribution in [-0.4, -0.2) is 24.2 Å². The van der Waals surface area contributed by atoms with E-state index < -0.39 is 0 Å². The fraction of sp³-hybridized carbons (Fsp3) is 0.182. The van der Waals surface area contributed by atoms with Gasteiger partial charge in [0.1, 0.15) is 11.5 Å². The van der Waals surface area contributed by atoms with Crippen LogP contribution in [0.15, 0.2) is 53.5 Å². The number of pyridine rings is 2. The van der Waals surface area contributed by atoms with Crippen molar-refractivity contribution in [3.05, 3.63) is 75.8 Å². The Kier molecular flexibility index (Phi) is 7.11. The van der Waals surface area contributed by atoms with Gasteiger partial charge in [0.05, 0.1) is 19.7 Å². The minimum absolute atomic E-state index is 0. The molecule has 2 aromatic carbocycles. The Morgan fingerprint density at radius 2 is 1.83 bits per heavy atom. The Balaban J connectivity index is 0.00000150. The van der Waals surface area contributed by atoms with Gasteiger partial charge in [0.15, 0.2) is 0 Å². The monoisotopic (exact) mass is 432 g/mol. The molecule has 4 aromatic rings. The van der Waals surface area contributed by atoms with Crippen molar-refractivity contribution in [1.29, 1.82) is 0 Å². The van der Waals surface area contributed by atoms with Gasteiger partial charge < -0.3 is 14.5 Å². The number of H-pyrrole nitrogens is 1. The van der Waals surface area contributed by atoms with Crippen molar-refractivity contribution in [2.24, 2.45) is 0 Å². The fourth-order valence-corrected chi connectivity index (χ4v) is 3.49. The summed E-state index contributed by atoms with van der Waals surface area (Å²) in [5.41, 5.74) is 3.25. The van der Waals surface area contributed by atoms with Gasteiger partial charge in [-0.3, -0.25) is 9.78 Å². The Hall–Kier alpha value is -2.76. The van der Waals surface area contributed by atoms with Crippen molar-refractivity contribution in [3.8, 4) is 11.5 Å². The molecule has 0 saturated heterocycles. The number of nitrogens with one attached hydrogen (secondary N) is 1. The van der Waals surface area contributed by atoms with E-state index in [2.05, 4.69) is 16.0 Å². The van der Waals surface area contributed by atoms with E-state index in [0.29, 0.717) is 17.7 Å². The van der Waals surface area contributed by atoms with Crippen molar-refractivity contribution >= 4 is 46.5 Å². The van der Waals surface area contributed by atoms with Crippen molar-refractivity contribution in [2.45, 2.75) is 13.3 Å². The first-order valence-electron chi connectivity index (χ1n) is 8.72. The molecule has 0 aliphatic rings. The molecule has 0 spiro atoms. The van der Waals surface area contributed by atoms with Crippen LogP contribution in [0.1, 0.15) is 16.8 Å². The van der Waals surface area contributed by atoms with Gasteiger partial charge in [-0.05, 0) is 36.8 Å². The zero-order valence-corrected chi connectivity index (χ0v) is 17.9. The molecule has 2 aromatic heterocycles. The number of aromatic nitrogens is 2. The highest BCUT2D eigenvalue weighted by atomic mass is 35.5. The van der Waals surface area contributed by atoms with Crippen LogP contribution in [0, 0.1) is 6.92 Å². The molecule has 1 N–H and O–H groups in total. The molecule has 0 aliphatic heterocycles. The van der Waals surface area contributed by atoms with E-state index in [9.17, 15) is 4.79 Å². The molecule has 0 unspecified atom stereocenters. The molecular weight excluding hydrogens is 411 g/mol. The summed E-state index contributed by atoms with van der Waals surface area (Å²) >= 11 is 0. The van der Waals surface area contributed by atoms with Crippen LogP contribution in [0.4, 0.5) is 0 Å². The van der Waals surface area contributed by atoms with E-state index in [1.807, 2.05) is 49.5 Å². The number of aromatic amines is 1. The minimum Gasteiger partial charge on any atom is -0.497 e. The zero-order valence-electron chi connectivity index (χ0n) is 16.3. The topological polar surface area (TPSA) is 64.2 Å². The van der Waals surface area contributed by atoms with Gasteiger partial charge in [-0.25, -0.2) is 0 Å². The third kappa shape index (κ3) is 4.16. The summed E-state index contributed by atoms with van der Waals surface area (Å²) < 4.78 is 10.8. The number of rotatable bonds is 4. The molecule has 0 bridgehead atoms. The standard InChI is InChI=1S/C22H20N2O3.2ClH/c1-13-17-5-4-6-20(27-3)21(17)18(22(25)24-13)10-14-9-15-7-8-16(26-2)11-19(15)23-12-14;;/h4-9,11-12H,10H2,1-3H3,(H,24,25);2*1H. The van der Waals surface area contributed by atoms with Gasteiger partial charge >= 0.3 is 0 Å². The smallest absolute Gasteiger partial charge is 0.252 e. The predicted molar refractivity (Wildman–Crippen MR) is 121 cm³/mol. The second-order valence-corrected chi connectivity index (χ2v) is 6.52. The van der Waals surface area contributed by atoms with Crippen molar-refractivity contribution < 1.29 is 9.47 Å². The molecule has 4 rings (SSSR count). The normalized spacial score (nSPS) is 10.3. The number of fused-ring (bicyclic) bond motifs is 2. The number of hydrogen-bond donors (Lipinski definition) is 1. The lowest BCUT2D eigenvalue weighted by Gasteiger charge is -2.12. The van der Waals surface area contributed by atoms with Crippen LogP contribution in [0.25, 0.3) is 21.7 Å². The lowest BCUT2D eigenvalue weighted by Crippen LogP contribution is -2.15. The summed E-state index contributed by atoms with van der Waals surface area (Å²) in [6.45, 7) is 1.90. The molecule has 0 amide bonds. The molecule has 152 valence electrons. The molecule has 0 fully saturated rings. The van der Waals surface area contributed by atoms with E-state index in [4.69, 9.17) is 9.47 Å². The van der Waals surface area contributed by atoms with Crippen LogP contribution >= 0.6 is 24.8 Å². The maximum Gasteiger partial charge on any atom is 0.252 e. The highest BCUT2D eigenvalue weighted by Crippen LogP contribution is 2.30. The van der Waals surface area contributed by atoms with Gasteiger partial charge in [-0.1, -0.05) is 12.1 Å². The third-order valence-corrected chi connectivity index (χ3v) is 4.86. The quantitative estimate of drug-likeness (QED) is 0.501. The van der Waals surface area contributed by atoms with E-state index in [0.717, 1.165) is 38.7 Å². The largest absolute Gasteiger partial charge is 0.497 e. The van der Waals surface area contributed by atoms with Crippen LogP contribution in [0.3, 0.4) is 0 Å².